The normalized spacial score (nSPS) is 28.7. The summed E-state index contributed by atoms with van der Waals surface area (Å²) in [6.07, 6.45) is 15.6. The summed E-state index contributed by atoms with van der Waals surface area (Å²) in [5, 5.41) is 6.46. The van der Waals surface area contributed by atoms with Crippen molar-refractivity contribution in [1.82, 2.24) is 5.32 Å². The monoisotopic (exact) mass is 397 g/mol. The van der Waals surface area contributed by atoms with E-state index in [1.807, 2.05) is 12.1 Å². The second-order valence-electron chi connectivity index (χ2n) is 9.83. The zero-order chi connectivity index (χ0) is 20.1. The molecule has 1 heterocycles. The van der Waals surface area contributed by atoms with Gasteiger partial charge in [0.2, 0.25) is 0 Å². The van der Waals surface area contributed by atoms with Gasteiger partial charge in [0.1, 0.15) is 0 Å². The number of benzene rings is 1. The third-order valence-electron chi connectivity index (χ3n) is 7.94. The van der Waals surface area contributed by atoms with E-state index in [0.29, 0.717) is 6.04 Å². The molecule has 0 bridgehead atoms. The maximum atomic E-state index is 12.8. The van der Waals surface area contributed by atoms with E-state index in [9.17, 15) is 4.79 Å². The van der Waals surface area contributed by atoms with Gasteiger partial charge in [-0.3, -0.25) is 0 Å². The number of hydrogen-bond donors (Lipinski definition) is 2. The van der Waals surface area contributed by atoms with E-state index in [1.165, 1.54) is 76.3 Å². The van der Waals surface area contributed by atoms with Gasteiger partial charge in [0, 0.05) is 30.5 Å². The van der Waals surface area contributed by atoms with Crippen molar-refractivity contribution in [3.05, 3.63) is 24.3 Å². The minimum absolute atomic E-state index is 0.0374. The number of urea groups is 1. The minimum atomic E-state index is -0.0374. The third kappa shape index (κ3) is 4.90. The van der Waals surface area contributed by atoms with Gasteiger partial charge >= 0.3 is 6.03 Å². The van der Waals surface area contributed by atoms with E-state index < -0.39 is 0 Å². The van der Waals surface area contributed by atoms with Gasteiger partial charge in [0.15, 0.2) is 0 Å². The molecule has 4 rings (SSSR count). The van der Waals surface area contributed by atoms with Crippen molar-refractivity contribution >= 4 is 17.4 Å². The molecule has 2 aliphatic carbocycles. The molecule has 0 spiro atoms. The maximum Gasteiger partial charge on any atom is 0.319 e. The Labute approximate surface area is 176 Å². The van der Waals surface area contributed by atoms with Gasteiger partial charge < -0.3 is 15.5 Å². The number of anilines is 2. The van der Waals surface area contributed by atoms with Crippen LogP contribution in [0.3, 0.4) is 0 Å². The first kappa shape index (κ1) is 20.6. The molecule has 1 saturated heterocycles. The quantitative estimate of drug-likeness (QED) is 0.624. The molecule has 2 N–H and O–H groups in total. The Balaban J connectivity index is 1.35. The molecule has 1 aliphatic heterocycles. The second kappa shape index (κ2) is 9.40. The average Bonchev–Trinajstić information content (AvgIpc) is 2.77. The Bertz CT molecular complexity index is 661. The third-order valence-corrected chi connectivity index (χ3v) is 7.94. The maximum absolute atomic E-state index is 12.8. The van der Waals surface area contributed by atoms with Crippen LogP contribution in [0.15, 0.2) is 24.3 Å². The van der Waals surface area contributed by atoms with Crippen molar-refractivity contribution in [3.8, 4) is 0 Å². The van der Waals surface area contributed by atoms with Gasteiger partial charge in [-0.25, -0.2) is 4.79 Å². The van der Waals surface area contributed by atoms with Gasteiger partial charge in [0.25, 0.3) is 0 Å². The molecule has 1 aromatic rings. The predicted octanol–water partition coefficient (Wildman–Crippen LogP) is 6.33. The topological polar surface area (TPSA) is 44.4 Å². The molecule has 4 heteroatoms. The molecular weight excluding hydrogens is 358 g/mol. The van der Waals surface area contributed by atoms with Crippen LogP contribution in [0.25, 0.3) is 0 Å². The van der Waals surface area contributed by atoms with Gasteiger partial charge in [-0.1, -0.05) is 39.0 Å². The van der Waals surface area contributed by atoms with E-state index in [-0.39, 0.29) is 11.4 Å². The molecular formula is C25H39N3O. The number of nitrogens with zero attached hydrogens (tertiary/aromatic N) is 1. The summed E-state index contributed by atoms with van der Waals surface area (Å²) in [7, 11) is 0. The van der Waals surface area contributed by atoms with Crippen molar-refractivity contribution in [2.24, 2.45) is 11.3 Å². The van der Waals surface area contributed by atoms with Crippen LogP contribution in [0.1, 0.15) is 84.0 Å². The fraction of sp³-hybridized carbons (Fsp3) is 0.720. The summed E-state index contributed by atoms with van der Waals surface area (Å²) >= 11 is 0. The van der Waals surface area contributed by atoms with Gasteiger partial charge in [0.05, 0.1) is 0 Å². The molecule has 2 saturated carbocycles. The van der Waals surface area contributed by atoms with Crippen LogP contribution in [-0.4, -0.2) is 25.2 Å². The SMILES string of the molecule is CC1(C2CCCCC2)CCCCC1NC(=O)Nc1ccc(N2CCCCC2)cc1. The number of nitrogens with one attached hydrogen (secondary N) is 2. The highest BCUT2D eigenvalue weighted by atomic mass is 16.2. The van der Waals surface area contributed by atoms with Crippen molar-refractivity contribution in [2.75, 3.05) is 23.3 Å². The molecule has 1 aromatic carbocycles. The summed E-state index contributed by atoms with van der Waals surface area (Å²) in [6, 6.07) is 8.65. The molecule has 160 valence electrons. The number of amides is 2. The van der Waals surface area contributed by atoms with Crippen LogP contribution in [0.5, 0.6) is 0 Å². The Hall–Kier alpha value is -1.71. The van der Waals surface area contributed by atoms with Gasteiger partial charge in [-0.05, 0) is 80.5 Å². The smallest absolute Gasteiger partial charge is 0.319 e. The number of carbonyl (C=O) groups excluding carboxylic acids is 1. The van der Waals surface area contributed by atoms with Crippen LogP contribution < -0.4 is 15.5 Å². The van der Waals surface area contributed by atoms with Crippen molar-refractivity contribution < 1.29 is 4.79 Å². The fourth-order valence-electron chi connectivity index (χ4n) is 6.08. The summed E-state index contributed by atoms with van der Waals surface area (Å²) in [5.74, 6) is 0.769. The van der Waals surface area contributed by atoms with Crippen molar-refractivity contribution in [3.63, 3.8) is 0 Å². The average molecular weight is 398 g/mol. The molecule has 2 unspecified atom stereocenters. The van der Waals surface area contributed by atoms with Gasteiger partial charge in [-0.2, -0.15) is 0 Å². The molecule has 2 amide bonds. The Morgan fingerprint density at radius 3 is 2.28 bits per heavy atom. The summed E-state index contributed by atoms with van der Waals surface area (Å²) in [6.45, 7) is 4.74. The fourth-order valence-corrected chi connectivity index (χ4v) is 6.08. The Morgan fingerprint density at radius 2 is 1.55 bits per heavy atom. The van der Waals surface area contributed by atoms with E-state index in [4.69, 9.17) is 0 Å². The van der Waals surface area contributed by atoms with E-state index in [2.05, 4.69) is 34.6 Å². The number of piperidine rings is 1. The molecule has 0 radical (unpaired) electrons. The van der Waals surface area contributed by atoms with Crippen molar-refractivity contribution in [1.29, 1.82) is 0 Å². The predicted molar refractivity (Wildman–Crippen MR) is 122 cm³/mol. The summed E-state index contributed by atoms with van der Waals surface area (Å²) < 4.78 is 0. The number of rotatable bonds is 4. The zero-order valence-electron chi connectivity index (χ0n) is 18.2. The van der Waals surface area contributed by atoms with Crippen LogP contribution >= 0.6 is 0 Å². The lowest BCUT2D eigenvalue weighted by Gasteiger charge is -2.48. The van der Waals surface area contributed by atoms with Crippen LogP contribution in [0, 0.1) is 11.3 Å². The highest BCUT2D eigenvalue weighted by molar-refractivity contribution is 5.89. The first-order valence-electron chi connectivity index (χ1n) is 12.1. The molecule has 29 heavy (non-hydrogen) atoms. The first-order chi connectivity index (χ1) is 14.1. The van der Waals surface area contributed by atoms with Gasteiger partial charge in [-0.15, -0.1) is 0 Å². The highest BCUT2D eigenvalue weighted by Gasteiger charge is 2.43. The van der Waals surface area contributed by atoms with E-state index in [1.54, 1.807) is 0 Å². The molecule has 2 atom stereocenters. The lowest BCUT2D eigenvalue weighted by atomic mass is 9.60. The van der Waals surface area contributed by atoms with E-state index >= 15 is 0 Å². The molecule has 4 nitrogen and oxygen atoms in total. The Morgan fingerprint density at radius 1 is 0.897 bits per heavy atom. The summed E-state index contributed by atoms with van der Waals surface area (Å²) in [4.78, 5) is 15.3. The largest absolute Gasteiger partial charge is 0.372 e. The van der Waals surface area contributed by atoms with Crippen LogP contribution in [0.4, 0.5) is 16.2 Å². The molecule has 3 aliphatic rings. The highest BCUT2D eigenvalue weighted by Crippen LogP contribution is 2.48. The lowest BCUT2D eigenvalue weighted by molar-refractivity contribution is 0.0523. The number of hydrogen-bond acceptors (Lipinski definition) is 2. The van der Waals surface area contributed by atoms with E-state index in [0.717, 1.165) is 31.1 Å². The molecule has 0 aromatic heterocycles. The number of carbonyl (C=O) groups is 1. The summed E-state index contributed by atoms with van der Waals surface area (Å²) in [5.41, 5.74) is 2.42. The van der Waals surface area contributed by atoms with Crippen LogP contribution in [0.2, 0.25) is 0 Å². The standard InChI is InChI=1S/C25H39N3O/c1-25(20-10-4-2-5-11-20)17-7-6-12-23(25)27-24(29)26-21-13-15-22(16-14-21)28-18-8-3-9-19-28/h13-16,20,23H,2-12,17-19H2,1H3,(H2,26,27,29). The minimum Gasteiger partial charge on any atom is -0.372 e. The van der Waals surface area contributed by atoms with Crippen LogP contribution in [-0.2, 0) is 0 Å². The lowest BCUT2D eigenvalue weighted by Crippen LogP contribution is -2.53. The molecule has 3 fully saturated rings. The van der Waals surface area contributed by atoms with Crippen molar-refractivity contribution in [2.45, 2.75) is 90.0 Å². The Kier molecular flexibility index (Phi) is 6.67. The zero-order valence-corrected chi connectivity index (χ0v) is 18.2. The first-order valence-corrected chi connectivity index (χ1v) is 12.1. The second-order valence-corrected chi connectivity index (χ2v) is 9.83.